The number of carbonyl (C=O) groups is 2. The predicted octanol–water partition coefficient (Wildman–Crippen LogP) is -0.00432. The number of rotatable bonds is 2. The van der Waals surface area contributed by atoms with Crippen LogP contribution in [0, 0.1) is 11.3 Å². The summed E-state index contributed by atoms with van der Waals surface area (Å²) in [6, 6.07) is 1.28. The molecule has 0 aliphatic rings. The Morgan fingerprint density at radius 2 is 1.73 bits per heavy atom. The third-order valence-electron chi connectivity index (χ3n) is 1.02. The summed E-state index contributed by atoms with van der Waals surface area (Å²) < 4.78 is 0. The van der Waals surface area contributed by atoms with Gasteiger partial charge in [-0.3, -0.25) is 0 Å². The Morgan fingerprint density at radius 3 is 1.82 bits per heavy atom. The summed E-state index contributed by atoms with van der Waals surface area (Å²) in [5.74, 6) is -2.92. The topological polar surface area (TPSA) is 98.4 Å². The molecule has 0 aromatic carbocycles. The SMILES string of the molecule is C/C(C(=O)O)=C(\C#N)C(=O)O. The fourth-order valence-electron chi connectivity index (χ4n) is 0.399. The van der Waals surface area contributed by atoms with Crippen molar-refractivity contribution in [3.63, 3.8) is 0 Å². The van der Waals surface area contributed by atoms with E-state index in [2.05, 4.69) is 0 Å². The molecule has 0 spiro atoms. The molecule has 0 aliphatic carbocycles. The quantitative estimate of drug-likeness (QED) is 0.431. The Bertz CT molecular complexity index is 271. The third-order valence-corrected chi connectivity index (χ3v) is 1.02. The van der Waals surface area contributed by atoms with Crippen molar-refractivity contribution in [2.45, 2.75) is 6.92 Å². The molecular weight excluding hydrogens is 150 g/mol. The Hall–Kier alpha value is -1.83. The third kappa shape index (κ3) is 2.10. The average molecular weight is 155 g/mol. The molecule has 5 heteroatoms. The summed E-state index contributed by atoms with van der Waals surface area (Å²) in [6.07, 6.45) is 0. The molecule has 58 valence electrons. The van der Waals surface area contributed by atoms with Crippen LogP contribution < -0.4 is 0 Å². The molecule has 0 atom stereocenters. The van der Waals surface area contributed by atoms with Crippen molar-refractivity contribution in [2.24, 2.45) is 0 Å². The molecule has 5 nitrogen and oxygen atoms in total. The van der Waals surface area contributed by atoms with Gasteiger partial charge in [0.15, 0.2) is 0 Å². The second-order valence-corrected chi connectivity index (χ2v) is 1.72. The van der Waals surface area contributed by atoms with E-state index in [9.17, 15) is 9.59 Å². The predicted molar refractivity (Wildman–Crippen MR) is 33.6 cm³/mol. The minimum Gasteiger partial charge on any atom is -0.478 e. The number of hydrogen-bond donors (Lipinski definition) is 2. The number of aliphatic carboxylic acids is 2. The second-order valence-electron chi connectivity index (χ2n) is 1.72. The van der Waals surface area contributed by atoms with Crippen molar-refractivity contribution < 1.29 is 19.8 Å². The van der Waals surface area contributed by atoms with Crippen LogP contribution in [0.4, 0.5) is 0 Å². The molecule has 0 heterocycles. The van der Waals surface area contributed by atoms with E-state index in [1.165, 1.54) is 6.07 Å². The Kier molecular flexibility index (Phi) is 2.81. The van der Waals surface area contributed by atoms with Crippen LogP contribution >= 0.6 is 0 Å². The van der Waals surface area contributed by atoms with Crippen LogP contribution in [0.15, 0.2) is 11.1 Å². The summed E-state index contributed by atoms with van der Waals surface area (Å²) in [4.78, 5) is 20.3. The Labute approximate surface area is 62.2 Å². The summed E-state index contributed by atoms with van der Waals surface area (Å²) >= 11 is 0. The van der Waals surface area contributed by atoms with E-state index in [0.717, 1.165) is 6.92 Å². The standard InChI is InChI=1S/C6H5NO4/c1-3(5(8)9)4(2-7)6(10)11/h1H3,(H,8,9)(H,10,11)/b4-3-. The van der Waals surface area contributed by atoms with Crippen LogP contribution in [0.1, 0.15) is 6.92 Å². The summed E-state index contributed by atoms with van der Waals surface area (Å²) in [5.41, 5.74) is -1.20. The lowest BCUT2D eigenvalue weighted by Gasteiger charge is -1.92. The highest BCUT2D eigenvalue weighted by Crippen LogP contribution is 2.02. The zero-order valence-electron chi connectivity index (χ0n) is 5.66. The van der Waals surface area contributed by atoms with Crippen LogP contribution in [0.2, 0.25) is 0 Å². The smallest absolute Gasteiger partial charge is 0.346 e. The number of carboxylic acid groups (broad SMARTS) is 2. The van der Waals surface area contributed by atoms with Gasteiger partial charge in [-0.2, -0.15) is 5.26 Å². The van der Waals surface area contributed by atoms with E-state index in [0.29, 0.717) is 0 Å². The molecular formula is C6H5NO4. The lowest BCUT2D eigenvalue weighted by molar-refractivity contribution is -0.135. The van der Waals surface area contributed by atoms with Crippen molar-refractivity contribution in [1.29, 1.82) is 5.26 Å². The minimum atomic E-state index is -1.52. The molecule has 0 unspecified atom stereocenters. The highest BCUT2D eigenvalue weighted by molar-refractivity contribution is 6.01. The van der Waals surface area contributed by atoms with Gasteiger partial charge in [0.25, 0.3) is 0 Å². The van der Waals surface area contributed by atoms with Crippen LogP contribution in [0.3, 0.4) is 0 Å². The number of hydrogen-bond acceptors (Lipinski definition) is 3. The molecule has 11 heavy (non-hydrogen) atoms. The lowest BCUT2D eigenvalue weighted by Crippen LogP contribution is -2.07. The van der Waals surface area contributed by atoms with Gasteiger partial charge in [-0.25, -0.2) is 9.59 Å². The summed E-state index contributed by atoms with van der Waals surface area (Å²) in [5, 5.41) is 24.7. The molecule has 0 aromatic rings. The summed E-state index contributed by atoms with van der Waals surface area (Å²) in [7, 11) is 0. The van der Waals surface area contributed by atoms with Gasteiger partial charge in [0.05, 0.1) is 5.57 Å². The van der Waals surface area contributed by atoms with Crippen molar-refractivity contribution >= 4 is 11.9 Å². The fraction of sp³-hybridized carbons (Fsp3) is 0.167. The first-order valence-electron chi connectivity index (χ1n) is 2.58. The van der Waals surface area contributed by atoms with Gasteiger partial charge in [0, 0.05) is 0 Å². The first kappa shape index (κ1) is 9.17. The van der Waals surface area contributed by atoms with Crippen molar-refractivity contribution in [1.82, 2.24) is 0 Å². The van der Waals surface area contributed by atoms with E-state index in [-0.39, 0.29) is 0 Å². The van der Waals surface area contributed by atoms with Gasteiger partial charge in [-0.1, -0.05) is 0 Å². The van der Waals surface area contributed by atoms with Crippen LogP contribution in [-0.2, 0) is 9.59 Å². The maximum Gasteiger partial charge on any atom is 0.346 e. The molecule has 0 saturated carbocycles. The molecule has 0 aliphatic heterocycles. The van der Waals surface area contributed by atoms with Crippen LogP contribution in [-0.4, -0.2) is 22.2 Å². The minimum absolute atomic E-state index is 0.458. The van der Waals surface area contributed by atoms with Crippen LogP contribution in [0.5, 0.6) is 0 Å². The van der Waals surface area contributed by atoms with E-state index >= 15 is 0 Å². The van der Waals surface area contributed by atoms with E-state index < -0.39 is 23.1 Å². The van der Waals surface area contributed by atoms with Crippen molar-refractivity contribution in [3.05, 3.63) is 11.1 Å². The van der Waals surface area contributed by atoms with Gasteiger partial charge in [-0.15, -0.1) is 0 Å². The first-order valence-corrected chi connectivity index (χ1v) is 2.58. The molecule has 0 saturated heterocycles. The fourth-order valence-corrected chi connectivity index (χ4v) is 0.399. The first-order chi connectivity index (χ1) is 5.00. The molecule has 0 amide bonds. The van der Waals surface area contributed by atoms with Gasteiger partial charge < -0.3 is 10.2 Å². The average Bonchev–Trinajstić information content (AvgIpc) is 1.88. The van der Waals surface area contributed by atoms with E-state index in [1.807, 2.05) is 0 Å². The highest BCUT2D eigenvalue weighted by atomic mass is 16.4. The molecule has 0 rings (SSSR count). The number of nitriles is 1. The zero-order chi connectivity index (χ0) is 9.02. The molecule has 0 bridgehead atoms. The van der Waals surface area contributed by atoms with Gasteiger partial charge >= 0.3 is 11.9 Å². The largest absolute Gasteiger partial charge is 0.478 e. The number of carboxylic acids is 2. The van der Waals surface area contributed by atoms with Gasteiger partial charge in [0.1, 0.15) is 11.6 Å². The molecule has 0 aromatic heterocycles. The normalized spacial score (nSPS) is 11.3. The maximum absolute atomic E-state index is 10.1. The molecule has 0 radical (unpaired) electrons. The second kappa shape index (κ2) is 3.37. The Morgan fingerprint density at radius 1 is 1.27 bits per heavy atom. The van der Waals surface area contributed by atoms with Gasteiger partial charge in [0.2, 0.25) is 0 Å². The van der Waals surface area contributed by atoms with E-state index in [4.69, 9.17) is 15.5 Å². The lowest BCUT2D eigenvalue weighted by atomic mass is 10.1. The van der Waals surface area contributed by atoms with Crippen molar-refractivity contribution in [3.8, 4) is 6.07 Å². The summed E-state index contributed by atoms with van der Waals surface area (Å²) in [6.45, 7) is 1.06. The maximum atomic E-state index is 10.1. The van der Waals surface area contributed by atoms with E-state index in [1.54, 1.807) is 0 Å². The molecule has 0 fully saturated rings. The van der Waals surface area contributed by atoms with Crippen molar-refractivity contribution in [2.75, 3.05) is 0 Å². The Balaban J connectivity index is 5.04. The number of nitrogens with zero attached hydrogens (tertiary/aromatic N) is 1. The highest BCUT2D eigenvalue weighted by Gasteiger charge is 2.14. The monoisotopic (exact) mass is 155 g/mol. The van der Waals surface area contributed by atoms with Gasteiger partial charge in [-0.05, 0) is 6.92 Å². The van der Waals surface area contributed by atoms with Crippen LogP contribution in [0.25, 0.3) is 0 Å². The zero-order valence-corrected chi connectivity index (χ0v) is 5.66. The molecule has 2 N–H and O–H groups in total.